The van der Waals surface area contributed by atoms with E-state index in [1.54, 1.807) is 24.3 Å². The summed E-state index contributed by atoms with van der Waals surface area (Å²) in [6, 6.07) is 16.1. The lowest BCUT2D eigenvalue weighted by atomic mass is 10.1. The van der Waals surface area contributed by atoms with Gasteiger partial charge in [0.25, 0.3) is 5.91 Å². The molecular weight excluding hydrogens is 429 g/mol. The van der Waals surface area contributed by atoms with Crippen molar-refractivity contribution in [3.8, 4) is 11.8 Å². The Bertz CT molecular complexity index is 1170. The summed E-state index contributed by atoms with van der Waals surface area (Å²) in [4.78, 5) is 12.6. The molecule has 0 radical (unpaired) electrons. The van der Waals surface area contributed by atoms with Crippen LogP contribution in [0.1, 0.15) is 17.0 Å². The van der Waals surface area contributed by atoms with Gasteiger partial charge in [0.15, 0.2) is 0 Å². The molecule has 0 bridgehead atoms. The Balaban J connectivity index is 1.93. The molecule has 1 heterocycles. The van der Waals surface area contributed by atoms with Crippen LogP contribution in [0.2, 0.25) is 15.1 Å². The third-order valence-electron chi connectivity index (χ3n) is 4.38. The number of anilines is 1. The van der Waals surface area contributed by atoms with E-state index in [0.29, 0.717) is 20.8 Å². The molecule has 0 fully saturated rings. The Morgan fingerprint density at radius 2 is 1.83 bits per heavy atom. The quantitative estimate of drug-likeness (QED) is 0.364. The summed E-state index contributed by atoms with van der Waals surface area (Å²) in [5.74, 6) is -0.529. The number of hydrogen-bond acceptors (Lipinski definition) is 2. The summed E-state index contributed by atoms with van der Waals surface area (Å²) in [6.45, 7) is 3.87. The van der Waals surface area contributed by atoms with Crippen molar-refractivity contribution in [1.29, 1.82) is 5.26 Å². The fourth-order valence-corrected chi connectivity index (χ4v) is 3.51. The van der Waals surface area contributed by atoms with Crippen LogP contribution in [0.15, 0.2) is 54.1 Å². The molecule has 29 heavy (non-hydrogen) atoms. The Morgan fingerprint density at radius 1 is 1.07 bits per heavy atom. The van der Waals surface area contributed by atoms with Crippen molar-refractivity contribution >= 4 is 52.5 Å². The highest BCUT2D eigenvalue weighted by atomic mass is 35.5. The average Bonchev–Trinajstić information content (AvgIpc) is 2.95. The zero-order valence-corrected chi connectivity index (χ0v) is 17.9. The van der Waals surface area contributed by atoms with Gasteiger partial charge in [-0.1, -0.05) is 40.9 Å². The zero-order chi connectivity index (χ0) is 21.1. The van der Waals surface area contributed by atoms with Crippen LogP contribution >= 0.6 is 34.8 Å². The summed E-state index contributed by atoms with van der Waals surface area (Å²) < 4.78 is 2.02. The molecule has 4 nitrogen and oxygen atoms in total. The van der Waals surface area contributed by atoms with E-state index in [4.69, 9.17) is 34.8 Å². The molecule has 0 atom stereocenters. The van der Waals surface area contributed by atoms with Crippen molar-refractivity contribution in [2.75, 3.05) is 5.32 Å². The van der Waals surface area contributed by atoms with Gasteiger partial charge in [0.1, 0.15) is 11.6 Å². The molecule has 0 saturated heterocycles. The number of nitriles is 1. The lowest BCUT2D eigenvalue weighted by Gasteiger charge is -2.10. The maximum Gasteiger partial charge on any atom is 0.266 e. The number of benzene rings is 2. The molecular formula is C22H16Cl3N3O. The van der Waals surface area contributed by atoms with Gasteiger partial charge in [0.2, 0.25) is 0 Å². The molecule has 0 saturated carbocycles. The standard InChI is InChI=1S/C22H16Cl3N3O/c1-13-8-15(14(2)28(13)19-5-3-4-17(23)10-19)9-16(12-26)22(29)27-18-6-7-20(24)21(25)11-18/h3-11H,1-2H3,(H,27,29)/b16-9-. The molecule has 3 aromatic rings. The number of hydrogen-bond donors (Lipinski definition) is 1. The van der Waals surface area contributed by atoms with Crippen molar-refractivity contribution in [1.82, 2.24) is 4.57 Å². The molecule has 7 heteroatoms. The SMILES string of the molecule is Cc1cc(/C=C(/C#N)C(=O)Nc2ccc(Cl)c(Cl)c2)c(C)n1-c1cccc(Cl)c1. The highest BCUT2D eigenvalue weighted by molar-refractivity contribution is 6.42. The Morgan fingerprint density at radius 3 is 2.48 bits per heavy atom. The third kappa shape index (κ3) is 4.65. The van der Waals surface area contributed by atoms with Gasteiger partial charge in [0, 0.05) is 27.8 Å². The highest BCUT2D eigenvalue weighted by Crippen LogP contribution is 2.26. The highest BCUT2D eigenvalue weighted by Gasteiger charge is 2.14. The maximum absolute atomic E-state index is 12.6. The largest absolute Gasteiger partial charge is 0.321 e. The summed E-state index contributed by atoms with van der Waals surface area (Å²) >= 11 is 18.0. The molecule has 0 unspecified atom stereocenters. The van der Waals surface area contributed by atoms with E-state index in [0.717, 1.165) is 22.6 Å². The predicted molar refractivity (Wildman–Crippen MR) is 119 cm³/mol. The number of nitrogens with zero attached hydrogens (tertiary/aromatic N) is 2. The lowest BCUT2D eigenvalue weighted by Crippen LogP contribution is -2.13. The van der Waals surface area contributed by atoms with Gasteiger partial charge in [-0.25, -0.2) is 0 Å². The molecule has 2 aromatic carbocycles. The molecule has 0 aliphatic carbocycles. The van der Waals surface area contributed by atoms with E-state index in [1.807, 2.05) is 48.7 Å². The summed E-state index contributed by atoms with van der Waals surface area (Å²) in [6.07, 6.45) is 1.57. The monoisotopic (exact) mass is 443 g/mol. The molecule has 1 N–H and O–H groups in total. The van der Waals surface area contributed by atoms with E-state index >= 15 is 0 Å². The second-order valence-electron chi connectivity index (χ2n) is 6.39. The Kier molecular flexibility index (Phi) is 6.34. The normalized spacial score (nSPS) is 11.2. The topological polar surface area (TPSA) is 57.8 Å². The fraction of sp³-hybridized carbons (Fsp3) is 0.0909. The van der Waals surface area contributed by atoms with E-state index in [1.165, 1.54) is 6.07 Å². The van der Waals surface area contributed by atoms with Crippen molar-refractivity contribution in [2.24, 2.45) is 0 Å². The first-order valence-electron chi connectivity index (χ1n) is 8.63. The van der Waals surface area contributed by atoms with Crippen LogP contribution < -0.4 is 5.32 Å². The van der Waals surface area contributed by atoms with Crippen LogP contribution in [0.25, 0.3) is 11.8 Å². The minimum atomic E-state index is -0.529. The number of rotatable bonds is 4. The van der Waals surface area contributed by atoms with Crippen LogP contribution in [-0.4, -0.2) is 10.5 Å². The van der Waals surface area contributed by atoms with Crippen LogP contribution in [0.4, 0.5) is 5.69 Å². The molecule has 0 aliphatic rings. The van der Waals surface area contributed by atoms with Gasteiger partial charge >= 0.3 is 0 Å². The molecule has 0 spiro atoms. The molecule has 1 aromatic heterocycles. The second-order valence-corrected chi connectivity index (χ2v) is 7.65. The van der Waals surface area contributed by atoms with Crippen molar-refractivity contribution in [3.05, 3.63) is 86.1 Å². The zero-order valence-electron chi connectivity index (χ0n) is 15.6. The van der Waals surface area contributed by atoms with Crippen LogP contribution in [0.5, 0.6) is 0 Å². The number of carbonyl (C=O) groups excluding carboxylic acids is 1. The molecule has 0 aliphatic heterocycles. The van der Waals surface area contributed by atoms with Crippen molar-refractivity contribution in [2.45, 2.75) is 13.8 Å². The van der Waals surface area contributed by atoms with E-state index in [-0.39, 0.29) is 5.57 Å². The van der Waals surface area contributed by atoms with E-state index in [9.17, 15) is 10.1 Å². The number of amides is 1. The van der Waals surface area contributed by atoms with Crippen molar-refractivity contribution in [3.63, 3.8) is 0 Å². The minimum Gasteiger partial charge on any atom is -0.321 e. The van der Waals surface area contributed by atoms with E-state index < -0.39 is 5.91 Å². The Labute approximate surface area is 183 Å². The second kappa shape index (κ2) is 8.75. The van der Waals surface area contributed by atoms with Crippen LogP contribution in [0.3, 0.4) is 0 Å². The smallest absolute Gasteiger partial charge is 0.266 e. The van der Waals surface area contributed by atoms with Gasteiger partial charge in [-0.15, -0.1) is 0 Å². The average molecular weight is 445 g/mol. The first-order valence-corrected chi connectivity index (χ1v) is 9.76. The first-order chi connectivity index (χ1) is 13.8. The summed E-state index contributed by atoms with van der Waals surface area (Å²) in [5.41, 5.74) is 3.95. The summed E-state index contributed by atoms with van der Waals surface area (Å²) in [5, 5.41) is 13.5. The van der Waals surface area contributed by atoms with Crippen LogP contribution in [0, 0.1) is 25.2 Å². The van der Waals surface area contributed by atoms with Gasteiger partial charge in [-0.05, 0) is 68.0 Å². The van der Waals surface area contributed by atoms with Gasteiger partial charge in [-0.2, -0.15) is 5.26 Å². The lowest BCUT2D eigenvalue weighted by molar-refractivity contribution is -0.112. The summed E-state index contributed by atoms with van der Waals surface area (Å²) in [7, 11) is 0. The maximum atomic E-state index is 12.6. The number of halogens is 3. The number of nitrogens with one attached hydrogen (secondary N) is 1. The fourth-order valence-electron chi connectivity index (χ4n) is 3.02. The van der Waals surface area contributed by atoms with Gasteiger partial charge in [0.05, 0.1) is 10.0 Å². The number of aryl methyl sites for hydroxylation is 1. The molecule has 1 amide bonds. The van der Waals surface area contributed by atoms with Crippen LogP contribution in [-0.2, 0) is 4.79 Å². The Hall–Kier alpha value is -2.71. The van der Waals surface area contributed by atoms with Gasteiger partial charge in [-0.3, -0.25) is 4.79 Å². The minimum absolute atomic E-state index is 0.0255. The first kappa shape index (κ1) is 21.0. The van der Waals surface area contributed by atoms with Gasteiger partial charge < -0.3 is 9.88 Å². The number of aromatic nitrogens is 1. The predicted octanol–water partition coefficient (Wildman–Crippen LogP) is 6.60. The molecule has 3 rings (SSSR count). The molecule has 146 valence electrons. The number of carbonyl (C=O) groups is 1. The van der Waals surface area contributed by atoms with Crippen molar-refractivity contribution < 1.29 is 4.79 Å². The van der Waals surface area contributed by atoms with E-state index in [2.05, 4.69) is 5.32 Å². The third-order valence-corrected chi connectivity index (χ3v) is 5.35.